The lowest BCUT2D eigenvalue weighted by Crippen LogP contribution is -1.90. The largest absolute Gasteiger partial charge is 0.0613 e. The molecule has 0 radical (unpaired) electrons. The summed E-state index contributed by atoms with van der Waals surface area (Å²) in [5.74, 6) is 0.620. The lowest BCUT2D eigenvalue weighted by atomic mass is 9.93. The van der Waals surface area contributed by atoms with Crippen LogP contribution in [0.2, 0.25) is 0 Å². The zero-order valence-corrected chi connectivity index (χ0v) is 9.38. The summed E-state index contributed by atoms with van der Waals surface area (Å²) < 4.78 is 0. The number of rotatable bonds is 1. The van der Waals surface area contributed by atoms with Crippen LogP contribution in [0.25, 0.3) is 10.8 Å². The molecule has 0 aliphatic heterocycles. The van der Waals surface area contributed by atoms with Crippen molar-refractivity contribution in [1.29, 1.82) is 0 Å². The second-order valence-corrected chi connectivity index (χ2v) is 4.81. The summed E-state index contributed by atoms with van der Waals surface area (Å²) in [6.07, 6.45) is 2.46. The van der Waals surface area contributed by atoms with E-state index in [1.165, 1.54) is 23.8 Å². The smallest absolute Gasteiger partial charge is 0.0117 e. The van der Waals surface area contributed by atoms with Gasteiger partial charge in [-0.15, -0.1) is 0 Å². The van der Waals surface area contributed by atoms with Crippen LogP contribution in [0, 0.1) is 0 Å². The molecule has 0 nitrogen and oxygen atoms in total. The van der Waals surface area contributed by atoms with E-state index in [1.54, 1.807) is 16.5 Å². The van der Waals surface area contributed by atoms with Crippen molar-refractivity contribution in [1.82, 2.24) is 0 Å². The van der Waals surface area contributed by atoms with E-state index >= 15 is 0 Å². The molecule has 0 unspecified atom stereocenters. The van der Waals surface area contributed by atoms with Crippen molar-refractivity contribution in [2.24, 2.45) is 0 Å². The summed E-state index contributed by atoms with van der Waals surface area (Å²) in [6, 6.07) is 11.4. The molecule has 0 aromatic heterocycles. The van der Waals surface area contributed by atoms with Crippen molar-refractivity contribution in [2.75, 3.05) is 0 Å². The quantitative estimate of drug-likeness (QED) is 0.645. The summed E-state index contributed by atoms with van der Waals surface area (Å²) >= 11 is 0. The van der Waals surface area contributed by atoms with Gasteiger partial charge in [-0.25, -0.2) is 0 Å². The summed E-state index contributed by atoms with van der Waals surface area (Å²) in [5.41, 5.74) is 4.59. The highest BCUT2D eigenvalue weighted by Crippen LogP contribution is 2.35. The van der Waals surface area contributed by atoms with Crippen LogP contribution in [0.3, 0.4) is 0 Å². The van der Waals surface area contributed by atoms with Gasteiger partial charge in [0.15, 0.2) is 0 Å². The highest BCUT2D eigenvalue weighted by molar-refractivity contribution is 5.93. The van der Waals surface area contributed by atoms with Crippen molar-refractivity contribution >= 4 is 10.8 Å². The van der Waals surface area contributed by atoms with Crippen LogP contribution in [0.4, 0.5) is 0 Å². The molecule has 0 amide bonds. The molecule has 1 aliphatic rings. The highest BCUT2D eigenvalue weighted by Gasteiger charge is 2.16. The molecule has 2 aromatic carbocycles. The van der Waals surface area contributed by atoms with Gasteiger partial charge in [-0.05, 0) is 46.2 Å². The lowest BCUT2D eigenvalue weighted by Gasteiger charge is -2.11. The van der Waals surface area contributed by atoms with E-state index in [9.17, 15) is 0 Å². The molecule has 0 saturated carbocycles. The van der Waals surface area contributed by atoms with Gasteiger partial charge in [0.1, 0.15) is 0 Å². The van der Waals surface area contributed by atoms with Gasteiger partial charge in [-0.1, -0.05) is 44.2 Å². The van der Waals surface area contributed by atoms with Crippen molar-refractivity contribution < 1.29 is 0 Å². The van der Waals surface area contributed by atoms with Gasteiger partial charge in [-0.3, -0.25) is 0 Å². The van der Waals surface area contributed by atoms with Crippen LogP contribution < -0.4 is 0 Å². The Balaban J connectivity index is 2.43. The first-order valence-electron chi connectivity index (χ1n) is 5.81. The zero-order chi connectivity index (χ0) is 10.4. The first kappa shape index (κ1) is 8.96. The third-order valence-electron chi connectivity index (χ3n) is 3.53. The van der Waals surface area contributed by atoms with Crippen LogP contribution in [0.15, 0.2) is 30.3 Å². The molecule has 0 bridgehead atoms. The number of benzene rings is 2. The molecule has 1 aliphatic carbocycles. The predicted molar refractivity (Wildman–Crippen MR) is 65.4 cm³/mol. The SMILES string of the molecule is CC(C)c1ccc2c3c(cccc13)CC2. The van der Waals surface area contributed by atoms with E-state index in [0.717, 1.165) is 0 Å². The molecular formula is C15H16. The molecule has 0 N–H and O–H groups in total. The van der Waals surface area contributed by atoms with E-state index in [-0.39, 0.29) is 0 Å². The van der Waals surface area contributed by atoms with Crippen molar-refractivity contribution in [3.63, 3.8) is 0 Å². The van der Waals surface area contributed by atoms with Crippen LogP contribution in [0.5, 0.6) is 0 Å². The van der Waals surface area contributed by atoms with E-state index in [1.807, 2.05) is 0 Å². The van der Waals surface area contributed by atoms with E-state index < -0.39 is 0 Å². The van der Waals surface area contributed by atoms with E-state index in [2.05, 4.69) is 44.2 Å². The maximum Gasteiger partial charge on any atom is -0.0117 e. The standard InChI is InChI=1S/C15H16/c1-10(2)13-9-8-12-7-6-11-4-3-5-14(13)15(11)12/h3-5,8-10H,6-7H2,1-2H3. The highest BCUT2D eigenvalue weighted by atomic mass is 14.2. The number of hydrogen-bond donors (Lipinski definition) is 0. The topological polar surface area (TPSA) is 0 Å². The van der Waals surface area contributed by atoms with Gasteiger partial charge in [-0.2, -0.15) is 0 Å². The summed E-state index contributed by atoms with van der Waals surface area (Å²) in [4.78, 5) is 0. The molecule has 0 saturated heterocycles. The van der Waals surface area contributed by atoms with Crippen molar-refractivity contribution in [2.45, 2.75) is 32.6 Å². The second-order valence-electron chi connectivity index (χ2n) is 4.81. The third-order valence-corrected chi connectivity index (χ3v) is 3.53. The Morgan fingerprint density at radius 1 is 0.933 bits per heavy atom. The van der Waals surface area contributed by atoms with Crippen LogP contribution >= 0.6 is 0 Å². The Kier molecular flexibility index (Phi) is 1.85. The Hall–Kier alpha value is -1.30. The normalized spacial score (nSPS) is 14.1. The third kappa shape index (κ3) is 1.21. The van der Waals surface area contributed by atoms with Gasteiger partial charge >= 0.3 is 0 Å². The maximum atomic E-state index is 2.33. The molecule has 0 atom stereocenters. The number of aryl methyl sites for hydroxylation is 2. The first-order chi connectivity index (χ1) is 7.27. The van der Waals surface area contributed by atoms with Gasteiger partial charge in [0.25, 0.3) is 0 Å². The summed E-state index contributed by atoms with van der Waals surface area (Å²) in [5, 5.41) is 3.03. The average molecular weight is 196 g/mol. The molecule has 2 aromatic rings. The maximum absolute atomic E-state index is 2.33. The minimum absolute atomic E-state index is 0.620. The second kappa shape index (κ2) is 3.10. The van der Waals surface area contributed by atoms with E-state index in [0.29, 0.717) is 5.92 Å². The fraction of sp³-hybridized carbons (Fsp3) is 0.333. The predicted octanol–water partition coefficient (Wildman–Crippen LogP) is 4.06. The van der Waals surface area contributed by atoms with Gasteiger partial charge < -0.3 is 0 Å². The molecule has 76 valence electrons. The molecule has 3 rings (SSSR count). The Morgan fingerprint density at radius 2 is 1.67 bits per heavy atom. The molecule has 0 spiro atoms. The van der Waals surface area contributed by atoms with Crippen molar-refractivity contribution in [3.8, 4) is 0 Å². The molecular weight excluding hydrogens is 180 g/mol. The zero-order valence-electron chi connectivity index (χ0n) is 9.38. The fourth-order valence-corrected chi connectivity index (χ4v) is 2.77. The fourth-order valence-electron chi connectivity index (χ4n) is 2.77. The Morgan fingerprint density at radius 3 is 2.40 bits per heavy atom. The average Bonchev–Trinajstić information content (AvgIpc) is 2.64. The Labute approximate surface area is 90.9 Å². The monoisotopic (exact) mass is 196 g/mol. The van der Waals surface area contributed by atoms with E-state index in [4.69, 9.17) is 0 Å². The Bertz CT molecular complexity index is 511. The summed E-state index contributed by atoms with van der Waals surface area (Å²) in [7, 11) is 0. The van der Waals surface area contributed by atoms with Gasteiger partial charge in [0.2, 0.25) is 0 Å². The van der Waals surface area contributed by atoms with Crippen molar-refractivity contribution in [3.05, 3.63) is 47.0 Å². The minimum atomic E-state index is 0.620. The van der Waals surface area contributed by atoms with Crippen LogP contribution in [-0.2, 0) is 12.8 Å². The number of hydrogen-bond acceptors (Lipinski definition) is 0. The molecule has 0 heterocycles. The molecule has 15 heavy (non-hydrogen) atoms. The first-order valence-corrected chi connectivity index (χ1v) is 5.81. The molecule has 0 heteroatoms. The van der Waals surface area contributed by atoms with Crippen LogP contribution in [-0.4, -0.2) is 0 Å². The van der Waals surface area contributed by atoms with Gasteiger partial charge in [0.05, 0.1) is 0 Å². The van der Waals surface area contributed by atoms with Crippen LogP contribution in [0.1, 0.15) is 36.5 Å². The summed E-state index contributed by atoms with van der Waals surface area (Å²) in [6.45, 7) is 4.55. The van der Waals surface area contributed by atoms with Gasteiger partial charge in [0, 0.05) is 0 Å². The lowest BCUT2D eigenvalue weighted by molar-refractivity contribution is 0.876. The molecule has 0 fully saturated rings. The minimum Gasteiger partial charge on any atom is -0.0613 e.